The Morgan fingerprint density at radius 2 is 1.88 bits per heavy atom. The average Bonchev–Trinajstić information content (AvgIpc) is 2.78. The van der Waals surface area contributed by atoms with E-state index in [0.29, 0.717) is 55.0 Å². The molecule has 0 saturated carbocycles. The van der Waals surface area contributed by atoms with Gasteiger partial charge in [-0.05, 0) is 70.9 Å². The number of allylic oxidation sites excluding steroid dienone is 1. The predicted octanol–water partition coefficient (Wildman–Crippen LogP) is 7.24. The second kappa shape index (κ2) is 11.8. The molecule has 0 atom stereocenters. The number of benzene rings is 3. The summed E-state index contributed by atoms with van der Waals surface area (Å²) in [5.74, 6) is 0.522. The Kier molecular flexibility index (Phi) is 8.79. The van der Waals surface area contributed by atoms with Crippen LogP contribution in [0.3, 0.4) is 0 Å². The first-order valence-electron chi connectivity index (χ1n) is 9.92. The van der Waals surface area contributed by atoms with Crippen LogP contribution in [0.15, 0.2) is 65.1 Å². The van der Waals surface area contributed by atoms with E-state index in [1.54, 1.807) is 48.5 Å². The van der Waals surface area contributed by atoms with Crippen molar-refractivity contribution in [1.29, 1.82) is 5.26 Å². The van der Waals surface area contributed by atoms with Gasteiger partial charge in [0.25, 0.3) is 5.91 Å². The Hall–Kier alpha value is -2.98. The maximum atomic E-state index is 12.3. The molecule has 0 unspecified atom stereocenters. The number of nitriles is 1. The molecule has 3 aromatic rings. The number of nitrogens with zero attached hydrogens (tertiary/aromatic N) is 1. The number of carbonyl (C=O) groups excluding carboxylic acids is 1. The maximum absolute atomic E-state index is 12.3. The molecule has 1 N–H and O–H groups in total. The number of amides is 1. The average molecular weight is 546 g/mol. The molecule has 0 aliphatic carbocycles. The van der Waals surface area contributed by atoms with Crippen molar-refractivity contribution in [2.24, 2.45) is 0 Å². The van der Waals surface area contributed by atoms with Gasteiger partial charge in [-0.2, -0.15) is 5.26 Å². The van der Waals surface area contributed by atoms with Gasteiger partial charge in [0.2, 0.25) is 0 Å². The molecular weight excluding hydrogens is 527 g/mol. The first-order chi connectivity index (χ1) is 15.9. The summed E-state index contributed by atoms with van der Waals surface area (Å²) in [5.41, 5.74) is 2.30. The van der Waals surface area contributed by atoms with E-state index in [0.717, 1.165) is 0 Å². The summed E-state index contributed by atoms with van der Waals surface area (Å²) in [6.07, 6.45) is 1.69. The van der Waals surface area contributed by atoms with Crippen molar-refractivity contribution in [2.75, 3.05) is 18.5 Å². The van der Waals surface area contributed by atoms with Gasteiger partial charge in [0.1, 0.15) is 0 Å². The van der Waals surface area contributed by atoms with Crippen LogP contribution in [0.25, 0.3) is 11.6 Å². The molecule has 33 heavy (non-hydrogen) atoms. The van der Waals surface area contributed by atoms with Crippen molar-refractivity contribution >= 4 is 62.4 Å². The van der Waals surface area contributed by atoms with E-state index in [1.807, 2.05) is 25.1 Å². The first kappa shape index (κ1) is 24.7. The number of nitrogens with one attached hydrogen (secondary N) is 1. The normalized spacial score (nSPS) is 10.9. The minimum absolute atomic E-state index is 0.202. The summed E-state index contributed by atoms with van der Waals surface area (Å²) < 4.78 is 12.1. The Labute approximate surface area is 210 Å². The summed E-state index contributed by atoms with van der Waals surface area (Å²) in [6, 6.07) is 19.7. The minimum Gasteiger partial charge on any atom is -0.490 e. The van der Waals surface area contributed by atoms with Crippen LogP contribution >= 0.6 is 39.1 Å². The number of halogens is 3. The summed E-state index contributed by atoms with van der Waals surface area (Å²) in [4.78, 5) is 12.3. The molecule has 3 aromatic carbocycles. The lowest BCUT2D eigenvalue weighted by Gasteiger charge is -2.15. The number of hydrogen-bond acceptors (Lipinski definition) is 4. The molecule has 0 spiro atoms. The molecule has 0 bridgehead atoms. The van der Waals surface area contributed by atoms with E-state index < -0.39 is 0 Å². The molecule has 0 aliphatic heterocycles. The van der Waals surface area contributed by atoms with E-state index in [4.69, 9.17) is 32.7 Å². The molecule has 0 radical (unpaired) electrons. The fraction of sp³-hybridized carbons (Fsp3) is 0.120. The van der Waals surface area contributed by atoms with E-state index in [9.17, 15) is 10.1 Å². The first-order valence-corrected chi connectivity index (χ1v) is 11.5. The van der Waals surface area contributed by atoms with E-state index in [2.05, 4.69) is 27.3 Å². The Bertz CT molecular complexity index is 1220. The summed E-state index contributed by atoms with van der Waals surface area (Å²) in [7, 11) is 0. The lowest BCUT2D eigenvalue weighted by Crippen LogP contribution is -2.20. The van der Waals surface area contributed by atoms with Gasteiger partial charge in [-0.15, -0.1) is 0 Å². The molecule has 3 rings (SSSR count). The van der Waals surface area contributed by atoms with E-state index in [1.165, 1.54) is 0 Å². The third-order valence-electron chi connectivity index (χ3n) is 4.39. The Balaban J connectivity index is 1.85. The smallest absolute Gasteiger partial charge is 0.262 e. The Morgan fingerprint density at radius 3 is 2.55 bits per heavy atom. The molecule has 0 saturated heterocycles. The van der Waals surface area contributed by atoms with Gasteiger partial charge in [0.15, 0.2) is 18.1 Å². The predicted molar refractivity (Wildman–Crippen MR) is 136 cm³/mol. The van der Waals surface area contributed by atoms with Crippen molar-refractivity contribution in [1.82, 2.24) is 0 Å². The van der Waals surface area contributed by atoms with Gasteiger partial charge in [0.05, 0.1) is 27.7 Å². The standard InChI is InChI=1S/C25H19BrCl2N2O3/c1-2-32-23-12-16(10-17(14-29)20-9-8-18(27)13-22(20)28)11-21(26)25(23)33-15-24(31)30-19-6-4-3-5-7-19/h3-13H,2,15H2,1H3,(H,30,31)/b17-10+. The largest absolute Gasteiger partial charge is 0.490 e. The van der Waals surface area contributed by atoms with Crippen molar-refractivity contribution < 1.29 is 14.3 Å². The van der Waals surface area contributed by atoms with E-state index >= 15 is 0 Å². The second-order valence-electron chi connectivity index (χ2n) is 6.76. The monoisotopic (exact) mass is 544 g/mol. The molecule has 0 fully saturated rings. The highest BCUT2D eigenvalue weighted by atomic mass is 79.9. The van der Waals surface area contributed by atoms with Crippen LogP contribution in [0, 0.1) is 11.3 Å². The molecule has 168 valence electrons. The van der Waals surface area contributed by atoms with Crippen molar-refractivity contribution in [2.45, 2.75) is 6.92 Å². The van der Waals surface area contributed by atoms with Gasteiger partial charge < -0.3 is 14.8 Å². The van der Waals surface area contributed by atoms with Crippen LogP contribution in [-0.2, 0) is 4.79 Å². The Morgan fingerprint density at radius 1 is 1.12 bits per heavy atom. The fourth-order valence-corrected chi connectivity index (χ4v) is 4.06. The molecule has 0 aromatic heterocycles. The second-order valence-corrected chi connectivity index (χ2v) is 8.46. The number of ether oxygens (including phenoxy) is 2. The maximum Gasteiger partial charge on any atom is 0.262 e. The topological polar surface area (TPSA) is 71.3 Å². The zero-order chi connectivity index (χ0) is 23.8. The lowest BCUT2D eigenvalue weighted by molar-refractivity contribution is -0.118. The van der Waals surface area contributed by atoms with Gasteiger partial charge in [0, 0.05) is 16.3 Å². The molecule has 1 amide bonds. The number of para-hydroxylation sites is 1. The summed E-state index contributed by atoms with van der Waals surface area (Å²) >= 11 is 15.7. The van der Waals surface area contributed by atoms with Gasteiger partial charge in [-0.25, -0.2) is 0 Å². The van der Waals surface area contributed by atoms with Crippen LogP contribution in [0.2, 0.25) is 10.0 Å². The van der Waals surface area contributed by atoms with E-state index in [-0.39, 0.29) is 12.5 Å². The molecule has 8 heteroatoms. The zero-order valence-electron chi connectivity index (χ0n) is 17.6. The van der Waals surface area contributed by atoms with Gasteiger partial charge in [-0.1, -0.05) is 47.5 Å². The van der Waals surface area contributed by atoms with Crippen LogP contribution < -0.4 is 14.8 Å². The van der Waals surface area contributed by atoms with Gasteiger partial charge >= 0.3 is 0 Å². The fourth-order valence-electron chi connectivity index (χ4n) is 2.98. The van der Waals surface area contributed by atoms with Crippen LogP contribution in [0.1, 0.15) is 18.1 Å². The van der Waals surface area contributed by atoms with Gasteiger partial charge in [-0.3, -0.25) is 4.79 Å². The highest BCUT2D eigenvalue weighted by molar-refractivity contribution is 9.10. The number of hydrogen-bond donors (Lipinski definition) is 1. The van der Waals surface area contributed by atoms with Crippen molar-refractivity contribution in [3.05, 3.63) is 86.3 Å². The SMILES string of the molecule is CCOc1cc(/C=C(\C#N)c2ccc(Cl)cc2Cl)cc(Br)c1OCC(=O)Nc1ccccc1. The quantitative estimate of drug-likeness (QED) is 0.239. The lowest BCUT2D eigenvalue weighted by atomic mass is 10.0. The van der Waals surface area contributed by atoms with Crippen molar-refractivity contribution in [3.63, 3.8) is 0 Å². The molecule has 0 heterocycles. The van der Waals surface area contributed by atoms with Crippen LogP contribution in [0.5, 0.6) is 11.5 Å². The number of anilines is 1. The van der Waals surface area contributed by atoms with Crippen LogP contribution in [0.4, 0.5) is 5.69 Å². The highest BCUT2D eigenvalue weighted by Gasteiger charge is 2.15. The summed E-state index contributed by atoms with van der Waals surface area (Å²) in [6.45, 7) is 2.03. The molecule has 5 nitrogen and oxygen atoms in total. The minimum atomic E-state index is -0.302. The van der Waals surface area contributed by atoms with Crippen LogP contribution in [-0.4, -0.2) is 19.1 Å². The van der Waals surface area contributed by atoms with Crippen molar-refractivity contribution in [3.8, 4) is 17.6 Å². The molecular formula is C25H19BrCl2N2O3. The zero-order valence-corrected chi connectivity index (χ0v) is 20.7. The highest BCUT2D eigenvalue weighted by Crippen LogP contribution is 2.38. The number of carbonyl (C=O) groups is 1. The summed E-state index contributed by atoms with van der Waals surface area (Å²) in [5, 5.41) is 13.3. The third kappa shape index (κ3) is 6.75. The number of rotatable bonds is 8. The molecule has 0 aliphatic rings. The third-order valence-corrected chi connectivity index (χ3v) is 5.53.